The van der Waals surface area contributed by atoms with Gasteiger partial charge >= 0.3 is 0 Å². The summed E-state index contributed by atoms with van der Waals surface area (Å²) in [5.41, 5.74) is 5.54. The average molecular weight is 307 g/mol. The molecule has 112 valence electrons. The molecule has 0 bridgehead atoms. The molecule has 0 aromatic heterocycles. The van der Waals surface area contributed by atoms with Crippen LogP contribution in [0.1, 0.15) is 19.3 Å². The molecule has 1 aliphatic carbocycles. The maximum absolute atomic E-state index is 13.7. The van der Waals surface area contributed by atoms with Crippen LogP contribution in [0, 0.1) is 17.6 Å². The second kappa shape index (κ2) is 6.85. The third-order valence-corrected chi connectivity index (χ3v) is 3.34. The summed E-state index contributed by atoms with van der Waals surface area (Å²) < 4.78 is 31.8. The second-order valence-electron chi connectivity index (χ2n) is 4.73. The van der Waals surface area contributed by atoms with Crippen LogP contribution in [0.3, 0.4) is 0 Å². The Hall–Kier alpha value is -1.40. The first-order chi connectivity index (χ1) is 9.01. The Morgan fingerprint density at radius 1 is 1.35 bits per heavy atom. The number of ether oxygens (including phenoxy) is 1. The van der Waals surface area contributed by atoms with Crippen LogP contribution in [0.4, 0.5) is 14.5 Å². The molecule has 2 rings (SSSR count). The lowest BCUT2D eigenvalue weighted by Crippen LogP contribution is -2.23. The number of anilines is 1. The fraction of sp³-hybridized carbons (Fsp3) is 0.462. The number of hydrogen-bond donors (Lipinski definition) is 2. The Bertz CT molecular complexity index is 500. The van der Waals surface area contributed by atoms with Crippen LogP contribution in [-0.2, 0) is 4.79 Å². The summed E-state index contributed by atoms with van der Waals surface area (Å²) in [6, 6.07) is 1.83. The van der Waals surface area contributed by atoms with Gasteiger partial charge in [-0.3, -0.25) is 4.79 Å². The van der Waals surface area contributed by atoms with Crippen molar-refractivity contribution in [3.05, 3.63) is 23.8 Å². The summed E-state index contributed by atoms with van der Waals surface area (Å²) in [5, 5.41) is 2.40. The van der Waals surface area contributed by atoms with Crippen molar-refractivity contribution in [3.63, 3.8) is 0 Å². The highest BCUT2D eigenvalue weighted by molar-refractivity contribution is 5.93. The van der Waals surface area contributed by atoms with Crippen molar-refractivity contribution >= 4 is 24.0 Å². The third-order valence-electron chi connectivity index (χ3n) is 3.34. The molecule has 0 radical (unpaired) electrons. The second-order valence-corrected chi connectivity index (χ2v) is 4.73. The Morgan fingerprint density at radius 2 is 2.05 bits per heavy atom. The van der Waals surface area contributed by atoms with Crippen LogP contribution in [0.25, 0.3) is 0 Å². The lowest BCUT2D eigenvalue weighted by Gasteiger charge is -2.12. The highest BCUT2D eigenvalue weighted by atomic mass is 35.5. The topological polar surface area (TPSA) is 64.3 Å². The van der Waals surface area contributed by atoms with Gasteiger partial charge in [0, 0.05) is 24.1 Å². The van der Waals surface area contributed by atoms with Gasteiger partial charge in [0.15, 0.2) is 17.4 Å². The minimum Gasteiger partial charge on any atom is -0.494 e. The average Bonchev–Trinajstić information content (AvgIpc) is 2.80. The van der Waals surface area contributed by atoms with Crippen molar-refractivity contribution < 1.29 is 18.3 Å². The Labute approximate surface area is 122 Å². The lowest BCUT2D eigenvalue weighted by atomic mass is 10.1. The zero-order valence-electron chi connectivity index (χ0n) is 11.0. The standard InChI is InChI=1S/C13H16F2N2O2.ClH/c1-19-12-6-9(14)11(5-10(12)15)17-13(18)7-2-3-8(16)4-7;/h5-8H,2-4,16H2,1H3,(H,17,18);1H. The summed E-state index contributed by atoms with van der Waals surface area (Å²) in [5.74, 6) is -2.20. The van der Waals surface area contributed by atoms with E-state index in [9.17, 15) is 13.6 Å². The SMILES string of the molecule is COc1cc(F)c(NC(=O)C2CCC(N)C2)cc1F.Cl. The fourth-order valence-corrected chi connectivity index (χ4v) is 2.27. The van der Waals surface area contributed by atoms with Gasteiger partial charge in [-0.05, 0) is 19.3 Å². The van der Waals surface area contributed by atoms with Gasteiger partial charge < -0.3 is 15.8 Å². The zero-order valence-corrected chi connectivity index (χ0v) is 11.8. The van der Waals surface area contributed by atoms with Crippen molar-refractivity contribution in [1.82, 2.24) is 0 Å². The van der Waals surface area contributed by atoms with Crippen molar-refractivity contribution in [3.8, 4) is 5.75 Å². The molecule has 0 saturated heterocycles. The quantitative estimate of drug-likeness (QED) is 0.901. The molecule has 1 aromatic carbocycles. The monoisotopic (exact) mass is 306 g/mol. The molecule has 0 aliphatic heterocycles. The van der Waals surface area contributed by atoms with Crippen LogP contribution >= 0.6 is 12.4 Å². The van der Waals surface area contributed by atoms with Gasteiger partial charge in [-0.2, -0.15) is 0 Å². The molecular weight excluding hydrogens is 290 g/mol. The Morgan fingerprint density at radius 3 is 2.60 bits per heavy atom. The highest BCUT2D eigenvalue weighted by Gasteiger charge is 2.28. The molecule has 1 amide bonds. The molecule has 0 spiro atoms. The first-order valence-electron chi connectivity index (χ1n) is 6.10. The minimum absolute atomic E-state index is 0. The Balaban J connectivity index is 0.00000200. The fourth-order valence-electron chi connectivity index (χ4n) is 2.27. The minimum atomic E-state index is -0.728. The maximum atomic E-state index is 13.7. The molecular formula is C13H17ClF2N2O2. The lowest BCUT2D eigenvalue weighted by molar-refractivity contribution is -0.119. The van der Waals surface area contributed by atoms with Crippen molar-refractivity contribution in [2.24, 2.45) is 11.7 Å². The van der Waals surface area contributed by atoms with Crippen LogP contribution in [0.2, 0.25) is 0 Å². The molecule has 7 heteroatoms. The molecule has 2 unspecified atom stereocenters. The van der Waals surface area contributed by atoms with E-state index in [4.69, 9.17) is 5.73 Å². The van der Waals surface area contributed by atoms with Crippen LogP contribution in [0.15, 0.2) is 12.1 Å². The van der Waals surface area contributed by atoms with Crippen LogP contribution in [0.5, 0.6) is 5.75 Å². The summed E-state index contributed by atoms with van der Waals surface area (Å²) in [4.78, 5) is 11.9. The van der Waals surface area contributed by atoms with Gasteiger partial charge in [0.2, 0.25) is 5.91 Å². The van der Waals surface area contributed by atoms with Crippen LogP contribution in [-0.4, -0.2) is 19.1 Å². The zero-order chi connectivity index (χ0) is 14.0. The summed E-state index contributed by atoms with van der Waals surface area (Å²) in [6.45, 7) is 0. The molecule has 1 aromatic rings. The predicted molar refractivity (Wildman–Crippen MR) is 74.1 cm³/mol. The molecule has 4 nitrogen and oxygen atoms in total. The van der Waals surface area contributed by atoms with Gasteiger partial charge in [-0.1, -0.05) is 0 Å². The first kappa shape index (κ1) is 16.7. The molecule has 0 heterocycles. The van der Waals surface area contributed by atoms with E-state index in [1.807, 2.05) is 0 Å². The third kappa shape index (κ3) is 3.58. The van der Waals surface area contributed by atoms with Gasteiger partial charge in [-0.15, -0.1) is 12.4 Å². The number of carbonyl (C=O) groups excluding carboxylic acids is 1. The first-order valence-corrected chi connectivity index (χ1v) is 6.10. The molecule has 1 saturated carbocycles. The van der Waals surface area contributed by atoms with E-state index in [1.165, 1.54) is 7.11 Å². The number of benzene rings is 1. The van der Waals surface area contributed by atoms with E-state index >= 15 is 0 Å². The summed E-state index contributed by atoms with van der Waals surface area (Å²) >= 11 is 0. The molecule has 1 fully saturated rings. The normalized spacial score (nSPS) is 21.2. The number of rotatable bonds is 3. The van der Waals surface area contributed by atoms with E-state index in [2.05, 4.69) is 10.1 Å². The van der Waals surface area contributed by atoms with E-state index in [1.54, 1.807) is 0 Å². The van der Waals surface area contributed by atoms with E-state index in [-0.39, 0.29) is 41.7 Å². The molecule has 20 heavy (non-hydrogen) atoms. The van der Waals surface area contributed by atoms with E-state index in [0.717, 1.165) is 18.6 Å². The number of amides is 1. The highest BCUT2D eigenvalue weighted by Crippen LogP contribution is 2.28. The smallest absolute Gasteiger partial charge is 0.227 e. The van der Waals surface area contributed by atoms with E-state index < -0.39 is 11.6 Å². The maximum Gasteiger partial charge on any atom is 0.227 e. The summed E-state index contributed by atoms with van der Waals surface area (Å²) in [7, 11) is 1.25. The number of nitrogens with two attached hydrogens (primary N) is 1. The molecule has 2 atom stereocenters. The van der Waals surface area contributed by atoms with Crippen molar-refractivity contribution in [2.45, 2.75) is 25.3 Å². The summed E-state index contributed by atoms with van der Waals surface area (Å²) in [6.07, 6.45) is 2.02. The van der Waals surface area contributed by atoms with Crippen LogP contribution < -0.4 is 15.8 Å². The van der Waals surface area contributed by atoms with Crippen molar-refractivity contribution in [1.29, 1.82) is 0 Å². The molecule has 1 aliphatic rings. The number of methoxy groups -OCH3 is 1. The van der Waals surface area contributed by atoms with Gasteiger partial charge in [0.1, 0.15) is 0 Å². The van der Waals surface area contributed by atoms with E-state index in [0.29, 0.717) is 12.8 Å². The Kier molecular flexibility index (Phi) is 5.71. The number of nitrogens with one attached hydrogen (secondary N) is 1. The van der Waals surface area contributed by atoms with Crippen molar-refractivity contribution in [2.75, 3.05) is 12.4 Å². The number of carbonyl (C=O) groups is 1. The van der Waals surface area contributed by atoms with Gasteiger partial charge in [0.25, 0.3) is 0 Å². The molecule has 3 N–H and O–H groups in total. The van der Waals surface area contributed by atoms with Gasteiger partial charge in [0.05, 0.1) is 12.8 Å². The predicted octanol–water partition coefficient (Wildman–Crippen LogP) is 2.46. The largest absolute Gasteiger partial charge is 0.494 e. The number of hydrogen-bond acceptors (Lipinski definition) is 3. The van der Waals surface area contributed by atoms with Gasteiger partial charge in [-0.25, -0.2) is 8.78 Å². The number of halogens is 3.